The molecule has 4 aliphatic rings. The van der Waals surface area contributed by atoms with Crippen LogP contribution in [0.4, 0.5) is 10.5 Å². The Balaban J connectivity index is 1.22. The Kier molecular flexibility index (Phi) is 5.65. The van der Waals surface area contributed by atoms with Gasteiger partial charge in [0.2, 0.25) is 0 Å². The molecule has 1 aliphatic carbocycles. The van der Waals surface area contributed by atoms with E-state index in [4.69, 9.17) is 0 Å². The summed E-state index contributed by atoms with van der Waals surface area (Å²) in [6, 6.07) is 8.22. The van der Waals surface area contributed by atoms with Gasteiger partial charge in [0.15, 0.2) is 0 Å². The first-order valence-corrected chi connectivity index (χ1v) is 12.1. The molecule has 1 atom stereocenters. The van der Waals surface area contributed by atoms with Crippen molar-refractivity contribution in [1.82, 2.24) is 15.5 Å². The fraction of sp³-hybridized carbons (Fsp3) is 0.565. The topological polar surface area (TPSA) is 73.5 Å². The standard InChI is InChI=1S/C23H30N4O2S/c28-22(26-19-14-27-10-8-15(19)9-11-27)21-12-16-6-7-18(13-20(16)30-21)25-23(29)24-17-4-2-1-3-5-17/h6-7,12-13,15,17,19H,1-5,8-11,14H2,(H,26,28)(H2,24,25,29). The molecular formula is C23H30N4O2S. The minimum Gasteiger partial charge on any atom is -0.347 e. The van der Waals surface area contributed by atoms with E-state index in [1.165, 1.54) is 56.5 Å². The number of fused-ring (bicyclic) bond motifs is 4. The molecule has 160 valence electrons. The number of carbonyl (C=O) groups is 2. The van der Waals surface area contributed by atoms with Crippen LogP contribution in [0, 0.1) is 5.92 Å². The molecule has 3 saturated heterocycles. The summed E-state index contributed by atoms with van der Waals surface area (Å²) in [6.07, 6.45) is 8.16. The number of urea groups is 1. The third-order valence-electron chi connectivity index (χ3n) is 6.91. The molecule has 1 unspecified atom stereocenters. The fourth-order valence-corrected chi connectivity index (χ4v) is 6.19. The molecule has 1 aromatic carbocycles. The molecule has 4 heterocycles. The Labute approximate surface area is 181 Å². The monoisotopic (exact) mass is 426 g/mol. The van der Waals surface area contributed by atoms with E-state index in [0.717, 1.165) is 40.0 Å². The van der Waals surface area contributed by atoms with Crippen molar-refractivity contribution < 1.29 is 9.59 Å². The zero-order chi connectivity index (χ0) is 20.5. The molecule has 6 rings (SSSR count). The third kappa shape index (κ3) is 4.32. The number of amides is 3. The lowest BCUT2D eigenvalue weighted by Crippen LogP contribution is -2.57. The quantitative estimate of drug-likeness (QED) is 0.687. The molecule has 0 spiro atoms. The van der Waals surface area contributed by atoms with Crippen LogP contribution in [0.3, 0.4) is 0 Å². The Morgan fingerprint density at radius 3 is 2.50 bits per heavy atom. The first kappa shape index (κ1) is 19.8. The van der Waals surface area contributed by atoms with Crippen LogP contribution >= 0.6 is 11.3 Å². The van der Waals surface area contributed by atoms with Crippen LogP contribution in [0.1, 0.15) is 54.6 Å². The van der Waals surface area contributed by atoms with Crippen LogP contribution in [-0.2, 0) is 0 Å². The minimum absolute atomic E-state index is 0.0273. The average Bonchev–Trinajstić information content (AvgIpc) is 3.19. The highest BCUT2D eigenvalue weighted by atomic mass is 32.1. The second-order valence-corrected chi connectivity index (χ2v) is 10.1. The SMILES string of the molecule is O=C(Nc1ccc2cc(C(=O)NC3CN4CCC3CC4)sc2c1)NC1CCCCC1. The Morgan fingerprint density at radius 1 is 0.967 bits per heavy atom. The van der Waals surface area contributed by atoms with Crippen LogP contribution in [-0.4, -0.2) is 48.6 Å². The second-order valence-electron chi connectivity index (χ2n) is 9.01. The van der Waals surface area contributed by atoms with Crippen LogP contribution in [0.15, 0.2) is 24.3 Å². The number of hydrogen-bond donors (Lipinski definition) is 3. The number of anilines is 1. The van der Waals surface area contributed by atoms with E-state index in [9.17, 15) is 9.59 Å². The van der Waals surface area contributed by atoms with Gasteiger partial charge in [-0.1, -0.05) is 25.3 Å². The van der Waals surface area contributed by atoms with E-state index in [1.54, 1.807) is 0 Å². The van der Waals surface area contributed by atoms with Crippen molar-refractivity contribution in [2.24, 2.45) is 5.92 Å². The lowest BCUT2D eigenvalue weighted by Gasteiger charge is -2.44. The van der Waals surface area contributed by atoms with Crippen molar-refractivity contribution in [1.29, 1.82) is 0 Å². The van der Waals surface area contributed by atoms with E-state index < -0.39 is 0 Å². The highest BCUT2D eigenvalue weighted by Gasteiger charge is 2.35. The number of carbonyl (C=O) groups excluding carboxylic acids is 2. The summed E-state index contributed by atoms with van der Waals surface area (Å²) in [5.74, 6) is 0.645. The van der Waals surface area contributed by atoms with Gasteiger partial charge < -0.3 is 20.9 Å². The molecule has 3 amide bonds. The largest absolute Gasteiger partial charge is 0.347 e. The lowest BCUT2D eigenvalue weighted by molar-refractivity contribution is 0.0622. The van der Waals surface area contributed by atoms with Crippen molar-refractivity contribution in [3.8, 4) is 0 Å². The van der Waals surface area contributed by atoms with Crippen molar-refractivity contribution in [3.63, 3.8) is 0 Å². The van der Waals surface area contributed by atoms with Gasteiger partial charge in [0, 0.05) is 29.0 Å². The van der Waals surface area contributed by atoms with Crippen molar-refractivity contribution >= 4 is 39.0 Å². The normalized spacial score (nSPS) is 26.5. The molecule has 3 N–H and O–H groups in total. The van der Waals surface area contributed by atoms with Crippen molar-refractivity contribution in [2.45, 2.75) is 57.0 Å². The van der Waals surface area contributed by atoms with Gasteiger partial charge in [0.1, 0.15) is 0 Å². The van der Waals surface area contributed by atoms with E-state index in [-0.39, 0.29) is 24.0 Å². The van der Waals surface area contributed by atoms with Crippen LogP contribution in [0.25, 0.3) is 10.1 Å². The summed E-state index contributed by atoms with van der Waals surface area (Å²) in [5.41, 5.74) is 0.766. The van der Waals surface area contributed by atoms with Gasteiger partial charge in [-0.3, -0.25) is 4.79 Å². The molecule has 3 aliphatic heterocycles. The first-order chi connectivity index (χ1) is 14.6. The van der Waals surface area contributed by atoms with Gasteiger partial charge in [-0.05, 0) is 68.3 Å². The maximum absolute atomic E-state index is 12.8. The predicted molar refractivity (Wildman–Crippen MR) is 121 cm³/mol. The number of rotatable bonds is 4. The summed E-state index contributed by atoms with van der Waals surface area (Å²) in [5, 5.41) is 10.3. The van der Waals surface area contributed by atoms with Gasteiger partial charge in [0.05, 0.1) is 4.88 Å². The number of hydrogen-bond acceptors (Lipinski definition) is 4. The molecule has 0 radical (unpaired) electrons. The Morgan fingerprint density at radius 2 is 1.77 bits per heavy atom. The lowest BCUT2D eigenvalue weighted by atomic mass is 9.84. The fourth-order valence-electron chi connectivity index (χ4n) is 5.19. The van der Waals surface area contributed by atoms with Crippen molar-refractivity contribution in [2.75, 3.05) is 25.0 Å². The predicted octanol–water partition coefficient (Wildman–Crippen LogP) is 4.18. The number of nitrogens with one attached hydrogen (secondary N) is 3. The summed E-state index contributed by atoms with van der Waals surface area (Å²) in [6.45, 7) is 3.32. The first-order valence-electron chi connectivity index (χ1n) is 11.3. The van der Waals surface area contributed by atoms with Gasteiger partial charge in [-0.2, -0.15) is 0 Å². The molecule has 4 fully saturated rings. The van der Waals surface area contributed by atoms with Gasteiger partial charge in [-0.25, -0.2) is 4.79 Å². The smallest absolute Gasteiger partial charge is 0.319 e. The molecule has 1 saturated carbocycles. The zero-order valence-corrected chi connectivity index (χ0v) is 18.1. The highest BCUT2D eigenvalue weighted by Crippen LogP contribution is 2.30. The number of thiophene rings is 1. The Bertz CT molecular complexity index is 928. The van der Waals surface area contributed by atoms with Crippen LogP contribution < -0.4 is 16.0 Å². The van der Waals surface area contributed by atoms with Gasteiger partial charge in [0.25, 0.3) is 5.91 Å². The number of piperidine rings is 3. The van der Waals surface area contributed by atoms with E-state index in [0.29, 0.717) is 5.92 Å². The maximum Gasteiger partial charge on any atom is 0.319 e. The maximum atomic E-state index is 12.8. The third-order valence-corrected chi connectivity index (χ3v) is 8.01. The minimum atomic E-state index is -0.141. The molecule has 30 heavy (non-hydrogen) atoms. The summed E-state index contributed by atoms with van der Waals surface area (Å²) in [4.78, 5) is 28.4. The summed E-state index contributed by atoms with van der Waals surface area (Å²) >= 11 is 1.49. The molecule has 2 aromatic rings. The van der Waals surface area contributed by atoms with Crippen LogP contribution in [0.5, 0.6) is 0 Å². The molecule has 1 aromatic heterocycles. The van der Waals surface area contributed by atoms with E-state index in [2.05, 4.69) is 20.9 Å². The molecule has 2 bridgehead atoms. The highest BCUT2D eigenvalue weighted by molar-refractivity contribution is 7.20. The number of benzene rings is 1. The number of nitrogens with zero attached hydrogens (tertiary/aromatic N) is 1. The average molecular weight is 427 g/mol. The van der Waals surface area contributed by atoms with Crippen molar-refractivity contribution in [3.05, 3.63) is 29.1 Å². The molecule has 7 heteroatoms. The molecule has 6 nitrogen and oxygen atoms in total. The second kappa shape index (κ2) is 8.55. The van der Waals surface area contributed by atoms with E-state index >= 15 is 0 Å². The zero-order valence-electron chi connectivity index (χ0n) is 17.3. The summed E-state index contributed by atoms with van der Waals surface area (Å²) in [7, 11) is 0. The van der Waals surface area contributed by atoms with Crippen LogP contribution in [0.2, 0.25) is 0 Å². The van der Waals surface area contributed by atoms with E-state index in [1.807, 2.05) is 24.3 Å². The Hall–Kier alpha value is -2.12. The van der Waals surface area contributed by atoms with Gasteiger partial charge >= 0.3 is 6.03 Å². The molecular weight excluding hydrogens is 396 g/mol. The summed E-state index contributed by atoms with van der Waals surface area (Å²) < 4.78 is 1.02. The van der Waals surface area contributed by atoms with Gasteiger partial charge in [-0.15, -0.1) is 11.3 Å².